The highest BCUT2D eigenvalue weighted by Crippen LogP contribution is 2.22. The second-order valence-electron chi connectivity index (χ2n) is 9.48. The molecule has 1 aliphatic rings. The van der Waals surface area contributed by atoms with E-state index in [1.54, 1.807) is 31.2 Å². The number of aromatic nitrogens is 2. The summed E-state index contributed by atoms with van der Waals surface area (Å²) in [6.07, 6.45) is 2.21. The van der Waals surface area contributed by atoms with E-state index < -0.39 is 27.4 Å². The van der Waals surface area contributed by atoms with Gasteiger partial charge in [0.25, 0.3) is 15.6 Å². The summed E-state index contributed by atoms with van der Waals surface area (Å²) in [6.45, 7) is 6.92. The number of amides is 2. The summed E-state index contributed by atoms with van der Waals surface area (Å²) in [5.41, 5.74) is 0.792. The Morgan fingerprint density at radius 2 is 1.88 bits per heavy atom. The van der Waals surface area contributed by atoms with Gasteiger partial charge in [0.15, 0.2) is 0 Å². The van der Waals surface area contributed by atoms with E-state index in [1.165, 1.54) is 24.5 Å². The van der Waals surface area contributed by atoms with Crippen molar-refractivity contribution in [2.45, 2.75) is 17.6 Å². The van der Waals surface area contributed by atoms with Gasteiger partial charge in [-0.15, -0.1) is 11.3 Å². The highest BCUT2D eigenvalue weighted by atomic mass is 32.2. The fraction of sp³-hybridized carbons (Fsp3) is 0.296. The van der Waals surface area contributed by atoms with Crippen LogP contribution in [-0.4, -0.2) is 68.3 Å². The smallest absolute Gasteiger partial charge is 0.333 e. The molecule has 0 spiro atoms. The fourth-order valence-corrected chi connectivity index (χ4v) is 6.62. The predicted molar refractivity (Wildman–Crippen MR) is 156 cm³/mol. The van der Waals surface area contributed by atoms with Crippen molar-refractivity contribution in [2.75, 3.05) is 50.0 Å². The Morgan fingerprint density at radius 1 is 1.10 bits per heavy atom. The second kappa shape index (κ2) is 12.3. The first-order valence-electron chi connectivity index (χ1n) is 13.0. The molecule has 0 aliphatic carbocycles. The zero-order valence-electron chi connectivity index (χ0n) is 22.2. The number of urea groups is 1. The maximum Gasteiger partial charge on any atom is 0.333 e. The van der Waals surface area contributed by atoms with Gasteiger partial charge in [0.2, 0.25) is 0 Å². The molecule has 0 unspecified atom stereocenters. The average Bonchev–Trinajstić information content (AvgIpc) is 3.39. The van der Waals surface area contributed by atoms with Crippen LogP contribution in [0.2, 0.25) is 0 Å². The Hall–Kier alpha value is -3.85. The fourth-order valence-electron chi connectivity index (χ4n) is 4.43. The van der Waals surface area contributed by atoms with E-state index in [0.29, 0.717) is 10.9 Å². The molecule has 0 atom stereocenters. The number of ether oxygens (including phenoxy) is 1. The maximum atomic E-state index is 15.0. The van der Waals surface area contributed by atoms with Crippen LogP contribution in [0.25, 0.3) is 16.6 Å². The number of carbonyl (C=O) groups is 1. The van der Waals surface area contributed by atoms with Gasteiger partial charge in [-0.25, -0.2) is 27.3 Å². The van der Waals surface area contributed by atoms with Crippen molar-refractivity contribution in [2.24, 2.45) is 0 Å². The van der Waals surface area contributed by atoms with E-state index >= 15 is 4.39 Å². The van der Waals surface area contributed by atoms with Crippen molar-refractivity contribution in [3.8, 4) is 5.69 Å². The SMILES string of the molecule is Cc1ccc(S(=O)(=O)NC(=O)Nc2ccc(-n3cnc4cc(NCCCN5CCOCC5)ccc4c3=O)c(F)c2)s1. The number of carbonyl (C=O) groups excluding carboxylic acids is 1. The summed E-state index contributed by atoms with van der Waals surface area (Å²) in [4.78, 5) is 32.9. The van der Waals surface area contributed by atoms with Gasteiger partial charge in [-0.1, -0.05) is 0 Å². The van der Waals surface area contributed by atoms with Crippen molar-refractivity contribution >= 4 is 49.7 Å². The number of halogens is 1. The first-order valence-corrected chi connectivity index (χ1v) is 15.3. The number of anilines is 2. The summed E-state index contributed by atoms with van der Waals surface area (Å²) in [7, 11) is -4.06. The van der Waals surface area contributed by atoms with Gasteiger partial charge < -0.3 is 15.4 Å². The van der Waals surface area contributed by atoms with Crippen molar-refractivity contribution in [1.29, 1.82) is 0 Å². The molecule has 41 heavy (non-hydrogen) atoms. The van der Waals surface area contributed by atoms with E-state index in [4.69, 9.17) is 4.74 Å². The molecule has 0 radical (unpaired) electrons. The third kappa shape index (κ3) is 6.90. The Bertz CT molecular complexity index is 1730. The van der Waals surface area contributed by atoms with Gasteiger partial charge in [0, 0.05) is 35.9 Å². The minimum absolute atomic E-state index is 0.00689. The monoisotopic (exact) mass is 600 g/mol. The summed E-state index contributed by atoms with van der Waals surface area (Å²) in [6, 6.07) is 10.9. The van der Waals surface area contributed by atoms with Crippen LogP contribution in [0, 0.1) is 12.7 Å². The largest absolute Gasteiger partial charge is 0.385 e. The molecule has 1 fully saturated rings. The first kappa shape index (κ1) is 28.7. The molecule has 1 aliphatic heterocycles. The third-order valence-corrected chi connectivity index (χ3v) is 9.34. The number of rotatable bonds is 9. The molecule has 14 heteroatoms. The number of benzene rings is 2. The number of nitrogens with zero attached hydrogens (tertiary/aromatic N) is 3. The highest BCUT2D eigenvalue weighted by Gasteiger charge is 2.20. The zero-order valence-corrected chi connectivity index (χ0v) is 23.9. The lowest BCUT2D eigenvalue weighted by Gasteiger charge is -2.26. The number of aryl methyl sites for hydroxylation is 1. The first-order chi connectivity index (χ1) is 19.7. The van der Waals surface area contributed by atoms with E-state index in [0.717, 1.165) is 78.3 Å². The van der Waals surface area contributed by atoms with Gasteiger partial charge in [-0.05, 0) is 68.4 Å². The number of hydrogen-bond acceptors (Lipinski definition) is 9. The molecule has 0 saturated carbocycles. The van der Waals surface area contributed by atoms with Crippen molar-refractivity contribution in [1.82, 2.24) is 19.2 Å². The molecule has 11 nitrogen and oxygen atoms in total. The van der Waals surface area contributed by atoms with Crippen molar-refractivity contribution in [3.63, 3.8) is 0 Å². The maximum absolute atomic E-state index is 15.0. The van der Waals surface area contributed by atoms with E-state index in [2.05, 4.69) is 20.5 Å². The Balaban J connectivity index is 1.24. The summed E-state index contributed by atoms with van der Waals surface area (Å²) in [5.74, 6) is -0.804. The minimum Gasteiger partial charge on any atom is -0.385 e. The van der Waals surface area contributed by atoms with Crippen LogP contribution < -0.4 is 20.9 Å². The number of nitrogens with one attached hydrogen (secondary N) is 3. The summed E-state index contributed by atoms with van der Waals surface area (Å²) in [5, 5.41) is 5.98. The van der Waals surface area contributed by atoms with Gasteiger partial charge in [0.1, 0.15) is 16.4 Å². The van der Waals surface area contributed by atoms with Crippen LogP contribution in [0.4, 0.5) is 20.6 Å². The zero-order chi connectivity index (χ0) is 29.0. The van der Waals surface area contributed by atoms with Gasteiger partial charge in [-0.3, -0.25) is 14.3 Å². The molecule has 2 aromatic heterocycles. The van der Waals surface area contributed by atoms with E-state index in [-0.39, 0.29) is 15.6 Å². The molecule has 0 bridgehead atoms. The number of morpholine rings is 1. The van der Waals surface area contributed by atoms with Gasteiger partial charge >= 0.3 is 6.03 Å². The van der Waals surface area contributed by atoms with Gasteiger partial charge in [0.05, 0.1) is 29.8 Å². The van der Waals surface area contributed by atoms with Crippen LogP contribution in [0.3, 0.4) is 0 Å². The molecule has 4 aromatic rings. The molecule has 1 saturated heterocycles. The van der Waals surface area contributed by atoms with Crippen LogP contribution in [-0.2, 0) is 14.8 Å². The third-order valence-electron chi connectivity index (χ3n) is 6.52. The molecule has 2 amide bonds. The van der Waals surface area contributed by atoms with E-state index in [9.17, 15) is 18.0 Å². The predicted octanol–water partition coefficient (Wildman–Crippen LogP) is 3.54. The lowest BCUT2D eigenvalue weighted by atomic mass is 10.2. The Labute approximate surface area is 240 Å². The quantitative estimate of drug-likeness (QED) is 0.249. The van der Waals surface area contributed by atoms with Crippen molar-refractivity contribution < 1.29 is 22.3 Å². The molecule has 2 aromatic carbocycles. The normalized spacial score (nSPS) is 14.2. The Kier molecular flexibility index (Phi) is 8.63. The number of thiophene rings is 1. The summed E-state index contributed by atoms with van der Waals surface area (Å²) >= 11 is 1.02. The minimum atomic E-state index is -4.06. The topological polar surface area (TPSA) is 135 Å². The Morgan fingerprint density at radius 3 is 2.61 bits per heavy atom. The molecular formula is C27H29FN6O5S2. The van der Waals surface area contributed by atoms with Gasteiger partial charge in [-0.2, -0.15) is 0 Å². The van der Waals surface area contributed by atoms with Crippen LogP contribution in [0.5, 0.6) is 0 Å². The van der Waals surface area contributed by atoms with Crippen LogP contribution >= 0.6 is 11.3 Å². The second-order valence-corrected chi connectivity index (χ2v) is 12.7. The molecule has 3 N–H and O–H groups in total. The molecule has 5 rings (SSSR count). The van der Waals surface area contributed by atoms with E-state index in [1.807, 2.05) is 4.72 Å². The average molecular weight is 601 g/mol. The van der Waals surface area contributed by atoms with Crippen molar-refractivity contribution in [3.05, 3.63) is 75.9 Å². The standard InChI is InChI=1S/C27H29FN6O5S2/c1-18-3-8-25(40-18)41(37,38)32-27(36)31-20-5-7-24(22(28)15-20)34-17-30-23-16-19(4-6-21(23)26(34)35)29-9-2-10-33-11-13-39-14-12-33/h3-8,15-17,29H,2,9-14H2,1H3,(H2,31,32,36). The number of sulfonamides is 1. The molecule has 3 heterocycles. The lowest BCUT2D eigenvalue weighted by Crippen LogP contribution is -2.37. The number of fused-ring (bicyclic) bond motifs is 1. The number of hydrogen-bond donors (Lipinski definition) is 3. The van der Waals surface area contributed by atoms with Crippen LogP contribution in [0.15, 0.2) is 63.9 Å². The highest BCUT2D eigenvalue weighted by molar-refractivity contribution is 7.92. The van der Waals surface area contributed by atoms with Crippen LogP contribution in [0.1, 0.15) is 11.3 Å². The molecule has 216 valence electrons. The lowest BCUT2D eigenvalue weighted by molar-refractivity contribution is 0.0378. The summed E-state index contributed by atoms with van der Waals surface area (Å²) < 4.78 is 48.1. The molecular weight excluding hydrogens is 571 g/mol.